The Morgan fingerprint density at radius 2 is 1.75 bits per heavy atom. The molecule has 0 saturated heterocycles. The molecule has 0 fully saturated rings. The Morgan fingerprint density at radius 1 is 1.04 bits per heavy atom. The maximum atomic E-state index is 12.0. The van der Waals surface area contributed by atoms with Crippen molar-refractivity contribution in [1.29, 1.82) is 0 Å². The second-order valence-corrected chi connectivity index (χ2v) is 5.18. The van der Waals surface area contributed by atoms with Crippen molar-refractivity contribution in [2.24, 2.45) is 0 Å². The maximum Gasteiger partial charge on any atom is 0.337 e. The topological polar surface area (TPSA) is 76.7 Å². The van der Waals surface area contributed by atoms with Gasteiger partial charge in [0.05, 0.1) is 19.8 Å². The first kappa shape index (κ1) is 17.3. The maximum absolute atomic E-state index is 12.0. The molecule has 0 atom stereocenters. The molecule has 0 saturated carbocycles. The summed E-state index contributed by atoms with van der Waals surface area (Å²) in [6.45, 7) is 2.21. The van der Waals surface area contributed by atoms with Crippen molar-refractivity contribution in [3.05, 3.63) is 59.2 Å². The number of ether oxygens (including phenoxy) is 2. The van der Waals surface area contributed by atoms with Gasteiger partial charge in [0.25, 0.3) is 0 Å². The van der Waals surface area contributed by atoms with Gasteiger partial charge in [0.15, 0.2) is 0 Å². The van der Waals surface area contributed by atoms with Crippen LogP contribution in [0.4, 0.5) is 10.5 Å². The van der Waals surface area contributed by atoms with E-state index in [0.717, 1.165) is 16.9 Å². The van der Waals surface area contributed by atoms with Gasteiger partial charge in [0.2, 0.25) is 0 Å². The predicted molar refractivity (Wildman–Crippen MR) is 91.4 cm³/mol. The summed E-state index contributed by atoms with van der Waals surface area (Å²) in [4.78, 5) is 23.5. The third-order valence-corrected chi connectivity index (χ3v) is 3.51. The third kappa shape index (κ3) is 4.49. The summed E-state index contributed by atoms with van der Waals surface area (Å²) in [6.07, 6.45) is 0. The quantitative estimate of drug-likeness (QED) is 0.827. The Hall–Kier alpha value is -3.02. The molecule has 0 radical (unpaired) electrons. The number of nitrogens with one attached hydrogen (secondary N) is 2. The van der Waals surface area contributed by atoms with E-state index in [4.69, 9.17) is 4.74 Å². The van der Waals surface area contributed by atoms with E-state index in [1.54, 1.807) is 25.3 Å². The smallest absolute Gasteiger partial charge is 0.337 e. The zero-order valence-corrected chi connectivity index (χ0v) is 13.9. The van der Waals surface area contributed by atoms with Gasteiger partial charge in [0, 0.05) is 12.2 Å². The average molecular weight is 328 g/mol. The lowest BCUT2D eigenvalue weighted by molar-refractivity contribution is 0.0600. The molecule has 0 aliphatic heterocycles. The summed E-state index contributed by atoms with van der Waals surface area (Å²) >= 11 is 0. The molecule has 2 N–H and O–H groups in total. The number of benzene rings is 2. The minimum absolute atomic E-state index is 0.320. The van der Waals surface area contributed by atoms with Crippen LogP contribution in [0, 0.1) is 6.92 Å². The van der Waals surface area contributed by atoms with E-state index in [9.17, 15) is 9.59 Å². The first-order valence-electron chi connectivity index (χ1n) is 7.40. The summed E-state index contributed by atoms with van der Waals surface area (Å²) < 4.78 is 9.76. The molecule has 0 aliphatic rings. The first-order valence-corrected chi connectivity index (χ1v) is 7.40. The number of carbonyl (C=O) groups is 2. The van der Waals surface area contributed by atoms with Gasteiger partial charge in [-0.1, -0.05) is 12.1 Å². The normalized spacial score (nSPS) is 9.96. The van der Waals surface area contributed by atoms with E-state index in [-0.39, 0.29) is 6.03 Å². The number of carbonyl (C=O) groups excluding carboxylic acids is 2. The van der Waals surface area contributed by atoms with Crippen LogP contribution in [0.1, 0.15) is 21.5 Å². The fourth-order valence-electron chi connectivity index (χ4n) is 2.14. The highest BCUT2D eigenvalue weighted by atomic mass is 16.5. The molecule has 2 amide bonds. The zero-order valence-electron chi connectivity index (χ0n) is 13.9. The molecule has 2 aromatic rings. The van der Waals surface area contributed by atoms with Crippen LogP contribution in [0.15, 0.2) is 42.5 Å². The van der Waals surface area contributed by atoms with Crippen molar-refractivity contribution in [3.63, 3.8) is 0 Å². The van der Waals surface area contributed by atoms with E-state index in [0.29, 0.717) is 17.8 Å². The molecule has 6 nitrogen and oxygen atoms in total. The third-order valence-electron chi connectivity index (χ3n) is 3.51. The molecule has 2 rings (SSSR count). The summed E-state index contributed by atoms with van der Waals surface area (Å²) in [7, 11) is 2.94. The van der Waals surface area contributed by atoms with Gasteiger partial charge >= 0.3 is 12.0 Å². The number of amides is 2. The SMILES string of the molecule is COC(=O)c1ccc(NC(=O)NCc2ccc(OC)cc2)c(C)c1. The molecular weight excluding hydrogens is 308 g/mol. The van der Waals surface area contributed by atoms with Gasteiger partial charge in [-0.25, -0.2) is 9.59 Å². The largest absolute Gasteiger partial charge is 0.497 e. The van der Waals surface area contributed by atoms with Crippen molar-refractivity contribution in [2.45, 2.75) is 13.5 Å². The minimum atomic E-state index is -0.409. The highest BCUT2D eigenvalue weighted by molar-refractivity contribution is 5.93. The van der Waals surface area contributed by atoms with Gasteiger partial charge in [-0.3, -0.25) is 0 Å². The fraction of sp³-hybridized carbons (Fsp3) is 0.222. The lowest BCUT2D eigenvalue weighted by atomic mass is 10.1. The monoisotopic (exact) mass is 328 g/mol. The Kier molecular flexibility index (Phi) is 5.78. The van der Waals surface area contributed by atoms with Crippen LogP contribution < -0.4 is 15.4 Å². The van der Waals surface area contributed by atoms with Crippen LogP contribution in [0.2, 0.25) is 0 Å². The van der Waals surface area contributed by atoms with Crippen LogP contribution in [0.3, 0.4) is 0 Å². The van der Waals surface area contributed by atoms with Crippen molar-refractivity contribution in [3.8, 4) is 5.75 Å². The molecule has 0 aromatic heterocycles. The number of hydrogen-bond acceptors (Lipinski definition) is 4. The van der Waals surface area contributed by atoms with Crippen molar-refractivity contribution < 1.29 is 19.1 Å². The standard InChI is InChI=1S/C18H20N2O4/c1-12-10-14(17(21)24-3)6-9-16(12)20-18(22)19-11-13-4-7-15(23-2)8-5-13/h4-10H,11H2,1-3H3,(H2,19,20,22). The number of esters is 1. The Morgan fingerprint density at radius 3 is 2.33 bits per heavy atom. The molecule has 0 spiro atoms. The number of methoxy groups -OCH3 is 2. The molecule has 24 heavy (non-hydrogen) atoms. The van der Waals surface area contributed by atoms with E-state index < -0.39 is 5.97 Å². The molecule has 0 heterocycles. The molecule has 6 heteroatoms. The molecule has 0 unspecified atom stereocenters. The van der Waals surface area contributed by atoms with Crippen LogP contribution in [0.25, 0.3) is 0 Å². The molecular formula is C18H20N2O4. The van der Waals surface area contributed by atoms with Gasteiger partial charge in [-0.05, 0) is 48.4 Å². The second kappa shape index (κ2) is 8.01. The molecule has 2 aromatic carbocycles. The van der Waals surface area contributed by atoms with Gasteiger partial charge in [0.1, 0.15) is 5.75 Å². The van der Waals surface area contributed by atoms with E-state index >= 15 is 0 Å². The first-order chi connectivity index (χ1) is 11.5. The number of hydrogen-bond donors (Lipinski definition) is 2. The van der Waals surface area contributed by atoms with Gasteiger partial charge in [-0.15, -0.1) is 0 Å². The van der Waals surface area contributed by atoms with E-state index in [1.807, 2.05) is 31.2 Å². The predicted octanol–water partition coefficient (Wildman–Crippen LogP) is 3.11. The Labute approximate surface area is 140 Å². The van der Waals surface area contributed by atoms with Gasteiger partial charge < -0.3 is 20.1 Å². The number of anilines is 1. The van der Waals surface area contributed by atoms with Crippen LogP contribution in [-0.2, 0) is 11.3 Å². The minimum Gasteiger partial charge on any atom is -0.497 e. The van der Waals surface area contributed by atoms with Gasteiger partial charge in [-0.2, -0.15) is 0 Å². The van der Waals surface area contributed by atoms with Crippen LogP contribution >= 0.6 is 0 Å². The lowest BCUT2D eigenvalue weighted by Gasteiger charge is -2.11. The Bertz CT molecular complexity index is 726. The second-order valence-electron chi connectivity index (χ2n) is 5.18. The van der Waals surface area contributed by atoms with Crippen molar-refractivity contribution >= 4 is 17.7 Å². The summed E-state index contributed by atoms with van der Waals surface area (Å²) in [6, 6.07) is 12.1. The zero-order chi connectivity index (χ0) is 17.5. The highest BCUT2D eigenvalue weighted by Crippen LogP contribution is 2.17. The highest BCUT2D eigenvalue weighted by Gasteiger charge is 2.09. The van der Waals surface area contributed by atoms with Crippen LogP contribution in [-0.4, -0.2) is 26.2 Å². The number of aryl methyl sites for hydroxylation is 1. The fourth-order valence-corrected chi connectivity index (χ4v) is 2.14. The average Bonchev–Trinajstić information content (AvgIpc) is 2.61. The van der Waals surface area contributed by atoms with Crippen molar-refractivity contribution in [2.75, 3.05) is 19.5 Å². The molecule has 0 bridgehead atoms. The van der Waals surface area contributed by atoms with E-state index in [1.165, 1.54) is 7.11 Å². The lowest BCUT2D eigenvalue weighted by Crippen LogP contribution is -2.28. The summed E-state index contributed by atoms with van der Waals surface area (Å²) in [5.74, 6) is 0.359. The summed E-state index contributed by atoms with van der Waals surface area (Å²) in [5, 5.41) is 5.54. The molecule has 0 aliphatic carbocycles. The summed E-state index contributed by atoms with van der Waals surface area (Å²) in [5.41, 5.74) is 2.82. The Balaban J connectivity index is 1.93. The van der Waals surface area contributed by atoms with Crippen LogP contribution in [0.5, 0.6) is 5.75 Å². The van der Waals surface area contributed by atoms with E-state index in [2.05, 4.69) is 15.4 Å². The molecule has 126 valence electrons. The number of urea groups is 1. The number of rotatable bonds is 5. The van der Waals surface area contributed by atoms with Crippen molar-refractivity contribution in [1.82, 2.24) is 5.32 Å².